The van der Waals surface area contributed by atoms with Crippen molar-refractivity contribution in [2.24, 2.45) is 0 Å². The highest BCUT2D eigenvalue weighted by atomic mass is 35.5. The minimum absolute atomic E-state index is 0.0814. The number of halogens is 2. The van der Waals surface area contributed by atoms with Crippen LogP contribution in [0.25, 0.3) is 0 Å². The number of carbonyl (C=O) groups is 1. The van der Waals surface area contributed by atoms with Crippen LogP contribution in [0.3, 0.4) is 0 Å². The Balaban J connectivity index is 2.03. The van der Waals surface area contributed by atoms with Crippen LogP contribution in [0.4, 0.5) is 0 Å². The molecule has 0 amide bonds. The average Bonchev–Trinajstić information content (AvgIpc) is 2.34. The molecular formula is C14H11Cl2NO. The largest absolute Gasteiger partial charge is 0.299 e. The molecule has 1 aromatic heterocycles. The Bertz CT molecular complexity index is 555. The predicted molar refractivity (Wildman–Crippen MR) is 73.1 cm³/mol. The van der Waals surface area contributed by atoms with Gasteiger partial charge >= 0.3 is 0 Å². The molecule has 0 fully saturated rings. The molecule has 1 aromatic carbocycles. The highest BCUT2D eigenvalue weighted by Crippen LogP contribution is 2.21. The quantitative estimate of drug-likeness (QED) is 0.853. The van der Waals surface area contributed by atoms with E-state index in [9.17, 15) is 4.79 Å². The van der Waals surface area contributed by atoms with Gasteiger partial charge in [0.25, 0.3) is 0 Å². The molecule has 92 valence electrons. The van der Waals surface area contributed by atoms with Crippen molar-refractivity contribution < 1.29 is 4.79 Å². The first-order valence-electron chi connectivity index (χ1n) is 5.50. The molecule has 0 aliphatic carbocycles. The van der Waals surface area contributed by atoms with Crippen LogP contribution in [0.15, 0.2) is 42.6 Å². The molecule has 2 nitrogen and oxygen atoms in total. The van der Waals surface area contributed by atoms with Gasteiger partial charge in [-0.3, -0.25) is 9.78 Å². The minimum Gasteiger partial charge on any atom is -0.299 e. The molecule has 0 saturated carbocycles. The minimum atomic E-state index is 0.0814. The molecule has 0 atom stereocenters. The molecular weight excluding hydrogens is 269 g/mol. The summed E-state index contributed by atoms with van der Waals surface area (Å²) in [5.74, 6) is 0.0814. The number of benzene rings is 1. The topological polar surface area (TPSA) is 30.0 Å². The number of aromatic nitrogens is 1. The maximum atomic E-state index is 11.9. The van der Waals surface area contributed by atoms with Crippen LogP contribution in [-0.4, -0.2) is 10.8 Å². The molecule has 0 radical (unpaired) electrons. The first kappa shape index (κ1) is 13.1. The predicted octanol–water partition coefficient (Wildman–Crippen LogP) is 3.74. The van der Waals surface area contributed by atoms with Crippen molar-refractivity contribution in [3.8, 4) is 0 Å². The van der Waals surface area contributed by atoms with E-state index >= 15 is 0 Å². The standard InChI is InChI=1S/C14H11Cl2NO/c15-11-5-4-10(14(16)8-11)7-13(18)9-12-3-1-2-6-17-12/h1-6,8H,7,9H2. The van der Waals surface area contributed by atoms with E-state index in [1.807, 2.05) is 18.2 Å². The van der Waals surface area contributed by atoms with Gasteiger partial charge in [-0.1, -0.05) is 35.3 Å². The number of hydrogen-bond donors (Lipinski definition) is 0. The molecule has 0 unspecified atom stereocenters. The van der Waals surface area contributed by atoms with Gasteiger partial charge in [-0.15, -0.1) is 0 Å². The number of rotatable bonds is 4. The lowest BCUT2D eigenvalue weighted by Crippen LogP contribution is -2.08. The molecule has 2 rings (SSSR count). The van der Waals surface area contributed by atoms with E-state index in [4.69, 9.17) is 23.2 Å². The van der Waals surface area contributed by atoms with Crippen LogP contribution in [-0.2, 0) is 17.6 Å². The van der Waals surface area contributed by atoms with Gasteiger partial charge in [0.15, 0.2) is 0 Å². The van der Waals surface area contributed by atoms with Crippen molar-refractivity contribution in [3.63, 3.8) is 0 Å². The van der Waals surface area contributed by atoms with E-state index in [1.54, 1.807) is 24.4 Å². The molecule has 0 spiro atoms. The fourth-order valence-electron chi connectivity index (χ4n) is 1.64. The van der Waals surface area contributed by atoms with Gasteiger partial charge in [0.05, 0.1) is 0 Å². The summed E-state index contributed by atoms with van der Waals surface area (Å²) in [7, 11) is 0. The highest BCUT2D eigenvalue weighted by Gasteiger charge is 2.09. The second-order valence-corrected chi connectivity index (χ2v) is 4.79. The lowest BCUT2D eigenvalue weighted by molar-refractivity contribution is -0.117. The van der Waals surface area contributed by atoms with Crippen LogP contribution < -0.4 is 0 Å². The van der Waals surface area contributed by atoms with Gasteiger partial charge in [0.2, 0.25) is 0 Å². The number of hydrogen-bond acceptors (Lipinski definition) is 2. The normalized spacial score (nSPS) is 10.3. The fourth-order valence-corrected chi connectivity index (χ4v) is 2.12. The zero-order valence-electron chi connectivity index (χ0n) is 9.57. The number of pyridine rings is 1. The average molecular weight is 280 g/mol. The third kappa shape index (κ3) is 3.56. The Morgan fingerprint density at radius 1 is 1.11 bits per heavy atom. The lowest BCUT2D eigenvalue weighted by atomic mass is 10.1. The van der Waals surface area contributed by atoms with Crippen molar-refractivity contribution in [2.75, 3.05) is 0 Å². The van der Waals surface area contributed by atoms with Crippen LogP contribution in [0.2, 0.25) is 10.0 Å². The van der Waals surface area contributed by atoms with Gasteiger partial charge < -0.3 is 0 Å². The van der Waals surface area contributed by atoms with Gasteiger partial charge in [-0.2, -0.15) is 0 Å². The van der Waals surface area contributed by atoms with Crippen molar-refractivity contribution in [1.29, 1.82) is 0 Å². The first-order valence-corrected chi connectivity index (χ1v) is 6.26. The molecule has 0 N–H and O–H groups in total. The maximum Gasteiger partial charge on any atom is 0.143 e. The summed E-state index contributed by atoms with van der Waals surface area (Å²) >= 11 is 11.8. The Hall–Kier alpha value is -1.38. The van der Waals surface area contributed by atoms with E-state index in [1.165, 1.54) is 0 Å². The van der Waals surface area contributed by atoms with Crippen LogP contribution in [0.1, 0.15) is 11.3 Å². The number of Topliss-reactive ketones (excluding diaryl/α,β-unsaturated/α-hetero) is 1. The monoisotopic (exact) mass is 279 g/mol. The zero-order chi connectivity index (χ0) is 13.0. The van der Waals surface area contributed by atoms with Gasteiger partial charge in [0.1, 0.15) is 5.78 Å². The van der Waals surface area contributed by atoms with Crippen molar-refractivity contribution in [3.05, 3.63) is 63.9 Å². The summed E-state index contributed by atoms with van der Waals surface area (Å²) < 4.78 is 0. The van der Waals surface area contributed by atoms with E-state index in [2.05, 4.69) is 4.98 Å². The Kier molecular flexibility index (Phi) is 4.34. The highest BCUT2D eigenvalue weighted by molar-refractivity contribution is 6.35. The smallest absolute Gasteiger partial charge is 0.143 e. The molecule has 1 heterocycles. The first-order chi connectivity index (χ1) is 8.65. The lowest BCUT2D eigenvalue weighted by Gasteiger charge is -2.04. The van der Waals surface area contributed by atoms with Crippen molar-refractivity contribution >= 4 is 29.0 Å². The Morgan fingerprint density at radius 2 is 1.94 bits per heavy atom. The summed E-state index contributed by atoms with van der Waals surface area (Å²) in [6.07, 6.45) is 2.30. The molecule has 0 saturated heterocycles. The third-order valence-corrected chi connectivity index (χ3v) is 3.09. The number of nitrogens with zero attached hydrogens (tertiary/aromatic N) is 1. The van der Waals surface area contributed by atoms with Crippen LogP contribution >= 0.6 is 23.2 Å². The molecule has 0 aliphatic rings. The van der Waals surface area contributed by atoms with E-state index in [0.29, 0.717) is 22.9 Å². The molecule has 4 heteroatoms. The van der Waals surface area contributed by atoms with Crippen molar-refractivity contribution in [1.82, 2.24) is 4.98 Å². The van der Waals surface area contributed by atoms with E-state index < -0.39 is 0 Å². The zero-order valence-corrected chi connectivity index (χ0v) is 11.1. The summed E-state index contributed by atoms with van der Waals surface area (Å²) in [5, 5.41) is 1.10. The van der Waals surface area contributed by atoms with Crippen LogP contribution in [0, 0.1) is 0 Å². The van der Waals surface area contributed by atoms with E-state index in [-0.39, 0.29) is 5.78 Å². The molecule has 2 aromatic rings. The van der Waals surface area contributed by atoms with Crippen LogP contribution in [0.5, 0.6) is 0 Å². The fraction of sp³-hybridized carbons (Fsp3) is 0.143. The van der Waals surface area contributed by atoms with Crippen molar-refractivity contribution in [2.45, 2.75) is 12.8 Å². The third-order valence-electron chi connectivity index (χ3n) is 2.51. The SMILES string of the molecule is O=C(Cc1ccccn1)Cc1ccc(Cl)cc1Cl. The second kappa shape index (κ2) is 5.98. The van der Waals surface area contributed by atoms with Gasteiger partial charge in [-0.25, -0.2) is 0 Å². The van der Waals surface area contributed by atoms with Gasteiger partial charge in [-0.05, 0) is 29.8 Å². The number of ketones is 1. The molecule has 0 bridgehead atoms. The van der Waals surface area contributed by atoms with Gasteiger partial charge in [0, 0.05) is 34.8 Å². The molecule has 18 heavy (non-hydrogen) atoms. The summed E-state index contributed by atoms with van der Waals surface area (Å²) in [5.41, 5.74) is 1.56. The van der Waals surface area contributed by atoms with E-state index in [0.717, 1.165) is 11.3 Å². The maximum absolute atomic E-state index is 11.9. The number of carbonyl (C=O) groups excluding carboxylic acids is 1. The second-order valence-electron chi connectivity index (χ2n) is 3.95. The summed E-state index contributed by atoms with van der Waals surface area (Å²) in [6, 6.07) is 10.7. The summed E-state index contributed by atoms with van der Waals surface area (Å²) in [4.78, 5) is 16.0. The molecule has 0 aliphatic heterocycles. The Morgan fingerprint density at radius 3 is 2.61 bits per heavy atom. The summed E-state index contributed by atoms with van der Waals surface area (Å²) in [6.45, 7) is 0. The Labute approximate surface area is 116 Å².